The van der Waals surface area contributed by atoms with E-state index in [2.05, 4.69) is 15.4 Å². The van der Waals surface area contributed by atoms with Crippen molar-refractivity contribution in [2.45, 2.75) is 6.42 Å². The highest BCUT2D eigenvalue weighted by molar-refractivity contribution is 7.13. The normalized spacial score (nSPS) is 10.5. The quantitative estimate of drug-likeness (QED) is 0.835. The summed E-state index contributed by atoms with van der Waals surface area (Å²) in [6, 6.07) is 1.86. The second kappa shape index (κ2) is 5.05. The minimum Gasteiger partial charge on any atom is -0.481 e. The van der Waals surface area contributed by atoms with Crippen molar-refractivity contribution < 1.29 is 4.74 Å². The first-order valence-electron chi connectivity index (χ1n) is 5.21. The molecule has 0 atom stereocenters. The molecule has 0 fully saturated rings. The molecule has 3 N–H and O–H groups in total. The summed E-state index contributed by atoms with van der Waals surface area (Å²) >= 11 is 1.46. The summed E-state index contributed by atoms with van der Waals surface area (Å²) in [5.41, 5.74) is 6.56. The van der Waals surface area contributed by atoms with Gasteiger partial charge in [0.15, 0.2) is 10.9 Å². The van der Waals surface area contributed by atoms with E-state index in [0.717, 1.165) is 30.4 Å². The fourth-order valence-corrected chi connectivity index (χ4v) is 2.08. The molecule has 0 aliphatic heterocycles. The van der Waals surface area contributed by atoms with Gasteiger partial charge in [-0.25, -0.2) is 9.67 Å². The van der Waals surface area contributed by atoms with Crippen molar-refractivity contribution in [2.75, 3.05) is 24.7 Å². The van der Waals surface area contributed by atoms with Gasteiger partial charge in [-0.1, -0.05) is 0 Å². The van der Waals surface area contributed by atoms with Crippen LogP contribution in [-0.4, -0.2) is 28.4 Å². The first-order valence-corrected chi connectivity index (χ1v) is 6.09. The number of hydrogen-bond acceptors (Lipinski definition) is 6. The van der Waals surface area contributed by atoms with Crippen LogP contribution in [0.1, 0.15) is 5.69 Å². The van der Waals surface area contributed by atoms with E-state index in [0.29, 0.717) is 5.13 Å². The number of aromatic nitrogens is 3. The maximum absolute atomic E-state index is 5.56. The van der Waals surface area contributed by atoms with Crippen LogP contribution >= 0.6 is 11.3 Å². The van der Waals surface area contributed by atoms with Gasteiger partial charge in [-0.15, -0.1) is 11.3 Å². The molecule has 2 aromatic heterocycles. The highest BCUT2D eigenvalue weighted by atomic mass is 32.1. The lowest BCUT2D eigenvalue weighted by atomic mass is 10.3. The molecule has 7 heteroatoms. The van der Waals surface area contributed by atoms with E-state index >= 15 is 0 Å². The Bertz CT molecular complexity index is 493. The molecule has 0 aliphatic carbocycles. The number of nitrogen functional groups attached to an aromatic ring is 1. The molecule has 0 saturated carbocycles. The van der Waals surface area contributed by atoms with Gasteiger partial charge in [-0.3, -0.25) is 0 Å². The van der Waals surface area contributed by atoms with E-state index in [1.807, 2.05) is 18.5 Å². The summed E-state index contributed by atoms with van der Waals surface area (Å²) in [5, 5.41) is 10.0. The van der Waals surface area contributed by atoms with Crippen LogP contribution in [0.2, 0.25) is 0 Å². The van der Waals surface area contributed by atoms with Crippen molar-refractivity contribution in [2.24, 2.45) is 7.05 Å². The van der Waals surface area contributed by atoms with E-state index in [1.54, 1.807) is 11.8 Å². The Labute approximate surface area is 103 Å². The first-order chi connectivity index (χ1) is 8.19. The predicted octanol–water partition coefficient (Wildman–Crippen LogP) is 1.12. The summed E-state index contributed by atoms with van der Waals surface area (Å²) < 4.78 is 6.81. The van der Waals surface area contributed by atoms with E-state index in [4.69, 9.17) is 10.5 Å². The Balaban J connectivity index is 1.85. The van der Waals surface area contributed by atoms with Crippen LogP contribution in [0.25, 0.3) is 0 Å². The molecule has 2 heterocycles. The van der Waals surface area contributed by atoms with Crippen LogP contribution in [-0.2, 0) is 13.5 Å². The smallest absolute Gasteiger partial charge is 0.213 e. The Kier molecular flexibility index (Phi) is 3.48. The molecule has 92 valence electrons. The lowest BCUT2D eigenvalue weighted by Crippen LogP contribution is -2.06. The third-order valence-electron chi connectivity index (χ3n) is 2.30. The van der Waals surface area contributed by atoms with Gasteiger partial charge in [0.2, 0.25) is 5.88 Å². The lowest BCUT2D eigenvalue weighted by molar-refractivity contribution is 0.373. The van der Waals surface area contributed by atoms with Crippen LogP contribution in [0.4, 0.5) is 10.9 Å². The van der Waals surface area contributed by atoms with Crippen molar-refractivity contribution in [3.63, 3.8) is 0 Å². The van der Waals surface area contributed by atoms with Crippen LogP contribution in [0.15, 0.2) is 11.4 Å². The molecule has 0 aromatic carbocycles. The molecule has 0 saturated heterocycles. The second-order valence-electron chi connectivity index (χ2n) is 3.55. The van der Waals surface area contributed by atoms with E-state index < -0.39 is 0 Å². The summed E-state index contributed by atoms with van der Waals surface area (Å²) in [6.07, 6.45) is 0.826. The number of hydrogen-bond donors (Lipinski definition) is 2. The predicted molar refractivity (Wildman–Crippen MR) is 68.5 cm³/mol. The molecule has 2 aromatic rings. The average molecular weight is 253 g/mol. The molecule has 0 bridgehead atoms. The van der Waals surface area contributed by atoms with E-state index in [9.17, 15) is 0 Å². The zero-order chi connectivity index (χ0) is 12.3. The Hall–Kier alpha value is -1.76. The minimum atomic E-state index is 0.611. The monoisotopic (exact) mass is 253 g/mol. The largest absolute Gasteiger partial charge is 0.481 e. The standard InChI is InChI=1S/C10H15N5OS/c1-15-9(16-2)5-8(14-15)12-4-3-7-6-17-10(11)13-7/h5-6H,3-4H2,1-2H3,(H2,11,13)(H,12,14). The fraction of sp³-hybridized carbons (Fsp3) is 0.400. The zero-order valence-electron chi connectivity index (χ0n) is 9.80. The van der Waals surface area contributed by atoms with Crippen molar-refractivity contribution >= 4 is 22.3 Å². The SMILES string of the molecule is COc1cc(NCCc2csc(N)n2)nn1C. The molecule has 0 spiro atoms. The van der Waals surface area contributed by atoms with E-state index in [1.165, 1.54) is 11.3 Å². The molecule has 0 amide bonds. The number of methoxy groups -OCH3 is 1. The highest BCUT2D eigenvalue weighted by Crippen LogP contribution is 2.15. The third-order valence-corrected chi connectivity index (χ3v) is 3.03. The number of aryl methyl sites for hydroxylation is 1. The lowest BCUT2D eigenvalue weighted by Gasteiger charge is -1.99. The van der Waals surface area contributed by atoms with Gasteiger partial charge in [-0.05, 0) is 0 Å². The zero-order valence-corrected chi connectivity index (χ0v) is 10.6. The Morgan fingerprint density at radius 1 is 1.59 bits per heavy atom. The molecule has 6 nitrogen and oxygen atoms in total. The van der Waals surface area contributed by atoms with Crippen molar-refractivity contribution in [1.82, 2.24) is 14.8 Å². The van der Waals surface area contributed by atoms with Gasteiger partial charge >= 0.3 is 0 Å². The van der Waals surface area contributed by atoms with Crippen LogP contribution in [0, 0.1) is 0 Å². The molecule has 0 aliphatic rings. The number of nitrogens with two attached hydrogens (primary N) is 1. The fourth-order valence-electron chi connectivity index (χ4n) is 1.48. The third kappa shape index (κ3) is 2.88. The Morgan fingerprint density at radius 2 is 2.41 bits per heavy atom. The topological polar surface area (TPSA) is 78.0 Å². The van der Waals surface area contributed by atoms with Crippen LogP contribution in [0.5, 0.6) is 5.88 Å². The summed E-state index contributed by atoms with van der Waals surface area (Å²) in [4.78, 5) is 4.19. The highest BCUT2D eigenvalue weighted by Gasteiger charge is 2.04. The summed E-state index contributed by atoms with van der Waals surface area (Å²) in [6.45, 7) is 0.767. The number of ether oxygens (including phenoxy) is 1. The number of anilines is 2. The molecular formula is C10H15N5OS. The molecule has 0 radical (unpaired) electrons. The number of nitrogens with zero attached hydrogens (tertiary/aromatic N) is 3. The maximum atomic E-state index is 5.56. The van der Waals surface area contributed by atoms with Gasteiger partial charge in [0, 0.05) is 31.5 Å². The van der Waals surface area contributed by atoms with Crippen molar-refractivity contribution in [3.8, 4) is 5.88 Å². The molecular weight excluding hydrogens is 238 g/mol. The Morgan fingerprint density at radius 3 is 3.00 bits per heavy atom. The van der Waals surface area contributed by atoms with Gasteiger partial charge in [0.05, 0.1) is 12.8 Å². The van der Waals surface area contributed by atoms with Gasteiger partial charge < -0.3 is 15.8 Å². The summed E-state index contributed by atoms with van der Waals surface area (Å²) in [7, 11) is 3.46. The van der Waals surface area contributed by atoms with Gasteiger partial charge in [0.25, 0.3) is 0 Å². The van der Waals surface area contributed by atoms with E-state index in [-0.39, 0.29) is 0 Å². The molecule has 17 heavy (non-hydrogen) atoms. The maximum Gasteiger partial charge on any atom is 0.213 e. The number of nitrogens with one attached hydrogen (secondary N) is 1. The summed E-state index contributed by atoms with van der Waals surface area (Å²) in [5.74, 6) is 1.53. The molecule has 0 unspecified atom stereocenters. The minimum absolute atomic E-state index is 0.611. The van der Waals surface area contributed by atoms with Gasteiger partial charge in [-0.2, -0.15) is 5.10 Å². The van der Waals surface area contributed by atoms with Crippen LogP contribution < -0.4 is 15.8 Å². The van der Waals surface area contributed by atoms with Crippen LogP contribution in [0.3, 0.4) is 0 Å². The average Bonchev–Trinajstić information content (AvgIpc) is 2.85. The first kappa shape index (κ1) is 11.7. The second-order valence-corrected chi connectivity index (χ2v) is 4.44. The number of thiazole rings is 1. The molecule has 2 rings (SSSR count). The van der Waals surface area contributed by atoms with Gasteiger partial charge in [0.1, 0.15) is 0 Å². The van der Waals surface area contributed by atoms with Crippen molar-refractivity contribution in [1.29, 1.82) is 0 Å². The van der Waals surface area contributed by atoms with Crippen molar-refractivity contribution in [3.05, 3.63) is 17.1 Å². The number of rotatable bonds is 5.